The van der Waals surface area contributed by atoms with Crippen LogP contribution in [0.1, 0.15) is 17.0 Å². The van der Waals surface area contributed by atoms with Crippen LogP contribution in [0.15, 0.2) is 59.4 Å². The smallest absolute Gasteiger partial charge is 0.416 e. The molecule has 1 aromatic heterocycles. The number of benzene rings is 2. The first-order chi connectivity index (χ1) is 14.3. The molecule has 0 amide bonds. The highest BCUT2D eigenvalue weighted by Crippen LogP contribution is 2.29. The highest BCUT2D eigenvalue weighted by Gasteiger charge is 2.29. The molecule has 0 saturated carbocycles. The Morgan fingerprint density at radius 3 is 2.53 bits per heavy atom. The molecule has 0 unspecified atom stereocenters. The van der Waals surface area contributed by atoms with Gasteiger partial charge in [-0.05, 0) is 35.9 Å². The number of fused-ring (bicyclic) bond motifs is 1. The van der Waals surface area contributed by atoms with Crippen molar-refractivity contribution in [1.82, 2.24) is 9.55 Å². The summed E-state index contributed by atoms with van der Waals surface area (Å²) >= 11 is 0. The first kappa shape index (κ1) is 20.8. The zero-order valence-electron chi connectivity index (χ0n) is 15.4. The molecule has 152 valence electrons. The van der Waals surface area contributed by atoms with Gasteiger partial charge in [0.15, 0.2) is 5.82 Å². The van der Waals surface area contributed by atoms with Crippen LogP contribution in [0.25, 0.3) is 17.0 Å². The Balaban J connectivity index is 1.73. The SMILES string of the molecule is N#CCn1c(COC(=O)/C=C/c2ccc(C(F)(F)F)cc2)nc2ccccc2c1=O. The minimum Gasteiger partial charge on any atom is -0.454 e. The largest absolute Gasteiger partial charge is 0.454 e. The average molecular weight is 413 g/mol. The van der Waals surface area contributed by atoms with Crippen molar-refractivity contribution in [3.8, 4) is 6.07 Å². The number of carbonyl (C=O) groups is 1. The molecule has 1 heterocycles. The number of para-hydroxylation sites is 1. The molecule has 30 heavy (non-hydrogen) atoms. The van der Waals surface area contributed by atoms with Crippen LogP contribution in [-0.2, 0) is 28.9 Å². The first-order valence-electron chi connectivity index (χ1n) is 8.67. The number of nitriles is 1. The van der Waals surface area contributed by atoms with Gasteiger partial charge in [-0.1, -0.05) is 24.3 Å². The number of rotatable bonds is 5. The maximum absolute atomic E-state index is 12.6. The van der Waals surface area contributed by atoms with Gasteiger partial charge < -0.3 is 4.74 Å². The van der Waals surface area contributed by atoms with E-state index in [9.17, 15) is 22.8 Å². The Hall–Kier alpha value is -3.93. The molecule has 2 aromatic carbocycles. The van der Waals surface area contributed by atoms with Gasteiger partial charge in [0.05, 0.1) is 22.5 Å². The number of halogens is 3. The molecule has 6 nitrogen and oxygen atoms in total. The van der Waals surface area contributed by atoms with Crippen molar-refractivity contribution >= 4 is 22.9 Å². The fourth-order valence-electron chi connectivity index (χ4n) is 2.69. The normalized spacial score (nSPS) is 11.5. The molecule has 9 heteroatoms. The van der Waals surface area contributed by atoms with E-state index in [1.54, 1.807) is 24.3 Å². The highest BCUT2D eigenvalue weighted by molar-refractivity contribution is 5.87. The van der Waals surface area contributed by atoms with E-state index >= 15 is 0 Å². The number of esters is 1. The number of hydrogen-bond acceptors (Lipinski definition) is 5. The summed E-state index contributed by atoms with van der Waals surface area (Å²) in [4.78, 5) is 28.8. The van der Waals surface area contributed by atoms with Gasteiger partial charge in [-0.2, -0.15) is 18.4 Å². The van der Waals surface area contributed by atoms with E-state index in [1.807, 2.05) is 6.07 Å². The summed E-state index contributed by atoms with van der Waals surface area (Å²) in [7, 11) is 0. The van der Waals surface area contributed by atoms with Gasteiger partial charge >= 0.3 is 12.1 Å². The van der Waals surface area contributed by atoms with Crippen LogP contribution in [0.4, 0.5) is 13.2 Å². The quantitative estimate of drug-likeness (QED) is 0.470. The average Bonchev–Trinajstić information content (AvgIpc) is 2.73. The Kier molecular flexibility index (Phi) is 5.97. The van der Waals surface area contributed by atoms with Gasteiger partial charge in [0.2, 0.25) is 0 Å². The highest BCUT2D eigenvalue weighted by atomic mass is 19.4. The second-order valence-electron chi connectivity index (χ2n) is 6.16. The minimum atomic E-state index is -4.44. The number of ether oxygens (including phenoxy) is 1. The maximum atomic E-state index is 12.6. The van der Waals surface area contributed by atoms with E-state index in [1.165, 1.54) is 18.2 Å². The maximum Gasteiger partial charge on any atom is 0.416 e. The monoisotopic (exact) mass is 413 g/mol. The zero-order valence-corrected chi connectivity index (χ0v) is 15.4. The topological polar surface area (TPSA) is 85.0 Å². The van der Waals surface area contributed by atoms with Crippen LogP contribution in [-0.4, -0.2) is 15.5 Å². The summed E-state index contributed by atoms with van der Waals surface area (Å²) in [6, 6.07) is 12.7. The van der Waals surface area contributed by atoms with Gasteiger partial charge in [-0.15, -0.1) is 0 Å². The molecular formula is C21H14F3N3O3. The summed E-state index contributed by atoms with van der Waals surface area (Å²) in [5.41, 5.74) is -0.429. The lowest BCUT2D eigenvalue weighted by atomic mass is 10.1. The summed E-state index contributed by atoms with van der Waals surface area (Å²) in [5.74, 6) is -0.669. The van der Waals surface area contributed by atoms with Gasteiger partial charge in [0, 0.05) is 6.08 Å². The van der Waals surface area contributed by atoms with Crippen molar-refractivity contribution in [3.63, 3.8) is 0 Å². The molecule has 0 aliphatic carbocycles. The summed E-state index contributed by atoms with van der Waals surface area (Å²) < 4.78 is 43.9. The fourth-order valence-corrected chi connectivity index (χ4v) is 2.69. The van der Waals surface area contributed by atoms with E-state index in [4.69, 9.17) is 10.00 Å². The minimum absolute atomic E-state index is 0.108. The first-order valence-corrected chi connectivity index (χ1v) is 8.67. The van der Waals surface area contributed by atoms with Crippen molar-refractivity contribution in [2.75, 3.05) is 0 Å². The lowest BCUT2D eigenvalue weighted by Gasteiger charge is -2.10. The van der Waals surface area contributed by atoms with Crippen LogP contribution in [0.5, 0.6) is 0 Å². The van der Waals surface area contributed by atoms with Crippen molar-refractivity contribution < 1.29 is 22.7 Å². The fraction of sp³-hybridized carbons (Fsp3) is 0.143. The zero-order chi connectivity index (χ0) is 21.7. The summed E-state index contributed by atoms with van der Waals surface area (Å²) in [6.07, 6.45) is -2.08. The molecule has 0 N–H and O–H groups in total. The van der Waals surface area contributed by atoms with E-state index in [0.29, 0.717) is 16.5 Å². The Bertz CT molecular complexity index is 1210. The van der Waals surface area contributed by atoms with Gasteiger partial charge in [-0.25, -0.2) is 9.78 Å². The van der Waals surface area contributed by atoms with Gasteiger partial charge in [-0.3, -0.25) is 9.36 Å². The number of hydrogen-bond donors (Lipinski definition) is 0. The molecule has 0 aliphatic heterocycles. The van der Waals surface area contributed by atoms with Crippen LogP contribution in [0.2, 0.25) is 0 Å². The van der Waals surface area contributed by atoms with E-state index in [0.717, 1.165) is 22.8 Å². The molecule has 0 aliphatic rings. The molecule has 0 bridgehead atoms. The number of carbonyl (C=O) groups excluding carboxylic acids is 1. The van der Waals surface area contributed by atoms with Gasteiger partial charge in [0.1, 0.15) is 13.2 Å². The molecule has 0 saturated heterocycles. The van der Waals surface area contributed by atoms with Crippen LogP contribution >= 0.6 is 0 Å². The van der Waals surface area contributed by atoms with Crippen molar-refractivity contribution in [2.45, 2.75) is 19.3 Å². The molecule has 0 atom stereocenters. The number of alkyl halides is 3. The van der Waals surface area contributed by atoms with Crippen molar-refractivity contribution in [1.29, 1.82) is 5.26 Å². The predicted octanol–water partition coefficient (Wildman–Crippen LogP) is 3.70. The third kappa shape index (κ3) is 4.72. The predicted molar refractivity (Wildman–Crippen MR) is 102 cm³/mol. The molecule has 0 radical (unpaired) electrons. The van der Waals surface area contributed by atoms with Crippen molar-refractivity contribution in [3.05, 3.63) is 81.9 Å². The number of aromatic nitrogens is 2. The summed E-state index contributed by atoms with van der Waals surface area (Å²) in [5, 5.41) is 9.31. The van der Waals surface area contributed by atoms with Crippen LogP contribution < -0.4 is 5.56 Å². The Labute approximate surface area is 168 Å². The number of nitrogens with zero attached hydrogens (tertiary/aromatic N) is 3. The molecule has 3 rings (SSSR count). The third-order valence-electron chi connectivity index (χ3n) is 4.16. The molecular weight excluding hydrogens is 399 g/mol. The standard InChI is InChI=1S/C21H14F3N3O3/c22-21(23,24)15-8-5-14(6-9-15)7-10-19(28)30-13-18-26-17-4-2-1-3-16(17)20(29)27(18)12-11-25/h1-10H,12-13H2/b10-7+. The summed E-state index contributed by atoms with van der Waals surface area (Å²) in [6.45, 7) is -0.608. The van der Waals surface area contributed by atoms with Crippen molar-refractivity contribution in [2.24, 2.45) is 0 Å². The Morgan fingerprint density at radius 2 is 1.87 bits per heavy atom. The second-order valence-corrected chi connectivity index (χ2v) is 6.16. The lowest BCUT2D eigenvalue weighted by Crippen LogP contribution is -2.26. The lowest BCUT2D eigenvalue weighted by molar-refractivity contribution is -0.139. The van der Waals surface area contributed by atoms with E-state index in [2.05, 4.69) is 4.98 Å². The second kappa shape index (κ2) is 8.61. The Morgan fingerprint density at radius 1 is 1.17 bits per heavy atom. The van der Waals surface area contributed by atoms with E-state index < -0.39 is 23.3 Å². The van der Waals surface area contributed by atoms with Crippen LogP contribution in [0.3, 0.4) is 0 Å². The van der Waals surface area contributed by atoms with Crippen LogP contribution in [0, 0.1) is 11.3 Å². The van der Waals surface area contributed by atoms with Gasteiger partial charge in [0.25, 0.3) is 5.56 Å². The molecule has 0 spiro atoms. The molecule has 3 aromatic rings. The van der Waals surface area contributed by atoms with E-state index in [-0.39, 0.29) is 19.0 Å². The third-order valence-corrected chi connectivity index (χ3v) is 4.16. The molecule has 0 fully saturated rings.